The zero-order valence-corrected chi connectivity index (χ0v) is 20.7. The number of rotatable bonds is 8. The van der Waals surface area contributed by atoms with Crippen molar-refractivity contribution in [2.75, 3.05) is 18.5 Å². The van der Waals surface area contributed by atoms with Crippen molar-refractivity contribution in [2.45, 2.75) is 32.7 Å². The van der Waals surface area contributed by atoms with E-state index in [9.17, 15) is 9.59 Å². The Morgan fingerprint density at radius 3 is 2.26 bits per heavy atom. The second-order valence-corrected chi connectivity index (χ2v) is 8.48. The molecule has 0 heterocycles. The molecule has 2 N–H and O–H groups in total. The van der Waals surface area contributed by atoms with Gasteiger partial charge in [-0.25, -0.2) is 0 Å². The fourth-order valence-electron chi connectivity index (χ4n) is 2.46. The number of anilines is 1. The van der Waals surface area contributed by atoms with Crippen LogP contribution in [0.15, 0.2) is 51.9 Å². The van der Waals surface area contributed by atoms with E-state index in [0.29, 0.717) is 22.2 Å². The van der Waals surface area contributed by atoms with E-state index in [1.807, 2.05) is 19.1 Å². The smallest absolute Gasteiger partial charge is 0.325 e. The molecule has 0 saturated carbocycles. The number of benzene rings is 2. The molecule has 0 saturated heterocycles. The van der Waals surface area contributed by atoms with Crippen molar-refractivity contribution in [3.05, 3.63) is 62.5 Å². The van der Waals surface area contributed by atoms with Crippen molar-refractivity contribution in [1.82, 2.24) is 5.32 Å². The van der Waals surface area contributed by atoms with Gasteiger partial charge in [0.05, 0.1) is 6.34 Å². The van der Waals surface area contributed by atoms with E-state index in [2.05, 4.69) is 45.3 Å². The Morgan fingerprint density at radius 2 is 1.77 bits per heavy atom. The molecule has 0 aliphatic rings. The summed E-state index contributed by atoms with van der Waals surface area (Å²) in [5.41, 5.74) is 1.88. The third-order valence-electron chi connectivity index (χ3n) is 4.05. The van der Waals surface area contributed by atoms with E-state index in [1.165, 1.54) is 16.8 Å². The number of halogens is 3. The third kappa shape index (κ3) is 10.7. The second kappa shape index (κ2) is 14.1. The molecule has 1 atom stereocenters. The molecular formula is C22H26BrCl2N3O3. The lowest BCUT2D eigenvalue weighted by atomic mass is 10.1. The molecule has 2 aromatic carbocycles. The number of carboxylic acids is 1. The molecule has 0 spiro atoms. The van der Waals surface area contributed by atoms with Gasteiger partial charge in [0.25, 0.3) is 0 Å². The number of aliphatic imine (C=N–C) groups is 1. The van der Waals surface area contributed by atoms with Gasteiger partial charge in [-0.05, 0) is 43.7 Å². The van der Waals surface area contributed by atoms with Crippen molar-refractivity contribution in [1.29, 1.82) is 0 Å². The first kappa shape index (κ1) is 26.9. The minimum absolute atomic E-state index is 0.188. The second-order valence-electron chi connectivity index (χ2n) is 6.69. The van der Waals surface area contributed by atoms with Gasteiger partial charge in [-0.2, -0.15) is 0 Å². The molecular weight excluding hydrogens is 505 g/mol. The Bertz CT molecular complexity index is 851. The van der Waals surface area contributed by atoms with Gasteiger partial charge in [-0.3, -0.25) is 14.6 Å². The number of nitrogens with zero attached hydrogens (tertiary/aromatic N) is 2. The summed E-state index contributed by atoms with van der Waals surface area (Å²) in [6, 6.07) is 12.6. The van der Waals surface area contributed by atoms with Gasteiger partial charge in [0.2, 0.25) is 5.91 Å². The maximum Gasteiger partial charge on any atom is 0.325 e. The molecule has 1 amide bonds. The number of nitrogens with one attached hydrogen (secondary N) is 1. The van der Waals surface area contributed by atoms with Crippen LogP contribution in [0.3, 0.4) is 0 Å². The van der Waals surface area contributed by atoms with Gasteiger partial charge in [0.1, 0.15) is 12.6 Å². The Morgan fingerprint density at radius 1 is 1.19 bits per heavy atom. The average Bonchev–Trinajstić information content (AvgIpc) is 2.71. The number of carboxylic acid groups (broad SMARTS) is 1. The minimum Gasteiger partial charge on any atom is -0.480 e. The molecule has 0 bridgehead atoms. The normalized spacial score (nSPS) is 11.4. The summed E-state index contributed by atoms with van der Waals surface area (Å²) in [7, 11) is 1.63. The lowest BCUT2D eigenvalue weighted by Gasteiger charge is -2.24. The fourth-order valence-corrected chi connectivity index (χ4v) is 3.24. The number of carbonyl (C=O) groups excluding carboxylic acids is 1. The summed E-state index contributed by atoms with van der Waals surface area (Å²) >= 11 is 15.3. The van der Waals surface area contributed by atoms with Crippen molar-refractivity contribution in [3.8, 4) is 0 Å². The van der Waals surface area contributed by atoms with Crippen LogP contribution in [-0.2, 0) is 9.59 Å². The predicted octanol–water partition coefficient (Wildman–Crippen LogP) is 5.58. The third-order valence-corrected chi connectivity index (χ3v) is 5.01. The van der Waals surface area contributed by atoms with Gasteiger partial charge in [-0.1, -0.05) is 70.2 Å². The standard InChI is InChI=1S/C15H19Cl2N3O3.C7H7Br/c1-3-4-13(19-9-18-8-14(21)22)15(23)20(2)12-6-10(16)5-11(17)7-12;1-6-2-4-7(8)5-3-6/h5-7,9,13H,3-4,8H2,1-2H3,(H,18,19)(H,21,22);2-5H,1H3. The predicted molar refractivity (Wildman–Crippen MR) is 132 cm³/mol. The quantitative estimate of drug-likeness (QED) is 0.344. The SMILES string of the molecule is CCCC(NC=NCC(=O)O)C(=O)N(C)c1cc(Cl)cc(Cl)c1.Cc1ccc(Br)cc1. The molecule has 0 radical (unpaired) electrons. The van der Waals surface area contributed by atoms with Gasteiger partial charge >= 0.3 is 5.97 Å². The Kier molecular flexibility index (Phi) is 12.2. The average molecular weight is 531 g/mol. The largest absolute Gasteiger partial charge is 0.480 e. The van der Waals surface area contributed by atoms with E-state index < -0.39 is 12.0 Å². The maximum atomic E-state index is 12.6. The fraction of sp³-hybridized carbons (Fsp3) is 0.318. The van der Waals surface area contributed by atoms with E-state index in [4.69, 9.17) is 28.3 Å². The first-order valence-corrected chi connectivity index (χ1v) is 11.1. The van der Waals surface area contributed by atoms with Gasteiger partial charge < -0.3 is 15.3 Å². The van der Waals surface area contributed by atoms with Crippen LogP contribution in [0.1, 0.15) is 25.3 Å². The van der Waals surface area contributed by atoms with Crippen LogP contribution < -0.4 is 10.2 Å². The van der Waals surface area contributed by atoms with E-state index in [1.54, 1.807) is 25.2 Å². The van der Waals surface area contributed by atoms with Crippen LogP contribution in [0.5, 0.6) is 0 Å². The number of aryl methyl sites for hydroxylation is 1. The molecule has 2 aromatic rings. The Balaban J connectivity index is 0.000000500. The number of aliphatic carboxylic acids is 1. The number of hydrogen-bond donors (Lipinski definition) is 2. The van der Waals surface area contributed by atoms with E-state index in [-0.39, 0.29) is 12.5 Å². The molecule has 2 rings (SSSR count). The first-order valence-electron chi connectivity index (χ1n) is 9.56. The monoisotopic (exact) mass is 529 g/mol. The zero-order valence-electron chi connectivity index (χ0n) is 17.6. The molecule has 0 fully saturated rings. The summed E-state index contributed by atoms with van der Waals surface area (Å²) < 4.78 is 1.14. The summed E-state index contributed by atoms with van der Waals surface area (Å²) in [5.74, 6) is -1.22. The highest BCUT2D eigenvalue weighted by atomic mass is 79.9. The first-order chi connectivity index (χ1) is 14.6. The van der Waals surface area contributed by atoms with Crippen molar-refractivity contribution in [2.24, 2.45) is 4.99 Å². The van der Waals surface area contributed by atoms with Crippen molar-refractivity contribution >= 4 is 63.0 Å². The number of likely N-dealkylation sites (N-methyl/N-ethyl adjacent to an activating group) is 1. The van der Waals surface area contributed by atoms with Crippen LogP contribution in [0.25, 0.3) is 0 Å². The molecule has 1 unspecified atom stereocenters. The summed E-state index contributed by atoms with van der Waals surface area (Å²) in [5, 5.41) is 12.3. The van der Waals surface area contributed by atoms with Crippen LogP contribution in [0.2, 0.25) is 10.0 Å². The topological polar surface area (TPSA) is 82.0 Å². The van der Waals surface area contributed by atoms with Crippen LogP contribution in [-0.4, -0.2) is 43.0 Å². The highest BCUT2D eigenvalue weighted by molar-refractivity contribution is 9.10. The summed E-state index contributed by atoms with van der Waals surface area (Å²) in [4.78, 5) is 28.1. The maximum absolute atomic E-state index is 12.6. The zero-order chi connectivity index (χ0) is 23.4. The van der Waals surface area contributed by atoms with E-state index >= 15 is 0 Å². The van der Waals surface area contributed by atoms with Crippen molar-refractivity contribution < 1.29 is 14.7 Å². The number of carbonyl (C=O) groups is 2. The van der Waals surface area contributed by atoms with Crippen LogP contribution in [0, 0.1) is 6.92 Å². The summed E-state index contributed by atoms with van der Waals surface area (Å²) in [6.07, 6.45) is 2.61. The van der Waals surface area contributed by atoms with E-state index in [0.717, 1.165) is 10.9 Å². The lowest BCUT2D eigenvalue weighted by molar-refractivity contribution is -0.135. The highest BCUT2D eigenvalue weighted by Crippen LogP contribution is 2.25. The number of amides is 1. The molecule has 31 heavy (non-hydrogen) atoms. The lowest BCUT2D eigenvalue weighted by Crippen LogP contribution is -2.44. The van der Waals surface area contributed by atoms with Gasteiger partial charge in [-0.15, -0.1) is 0 Å². The van der Waals surface area contributed by atoms with Crippen LogP contribution >= 0.6 is 39.1 Å². The molecule has 0 aromatic heterocycles. The minimum atomic E-state index is -1.04. The Hall–Kier alpha value is -2.09. The highest BCUT2D eigenvalue weighted by Gasteiger charge is 2.21. The molecule has 0 aliphatic carbocycles. The number of hydrogen-bond acceptors (Lipinski definition) is 3. The van der Waals surface area contributed by atoms with Gasteiger partial charge in [0, 0.05) is 27.3 Å². The van der Waals surface area contributed by atoms with Gasteiger partial charge in [0.15, 0.2) is 0 Å². The molecule has 6 nitrogen and oxygen atoms in total. The molecule has 0 aliphatic heterocycles. The molecule has 9 heteroatoms. The van der Waals surface area contributed by atoms with Crippen LogP contribution in [0.4, 0.5) is 5.69 Å². The molecule has 168 valence electrons. The summed E-state index contributed by atoms with van der Waals surface area (Å²) in [6.45, 7) is 3.68. The Labute approximate surface area is 201 Å². The van der Waals surface area contributed by atoms with Crippen molar-refractivity contribution in [3.63, 3.8) is 0 Å².